The first-order valence-corrected chi connectivity index (χ1v) is 15.1. The molecule has 0 bridgehead atoms. The Bertz CT molecular complexity index is 1490. The Morgan fingerprint density at radius 2 is 1.79 bits per heavy atom. The molecular formula is C33H39N3O6S. The number of amides is 3. The summed E-state index contributed by atoms with van der Waals surface area (Å²) < 4.78 is 4.71. The lowest BCUT2D eigenvalue weighted by Crippen LogP contribution is -2.58. The summed E-state index contributed by atoms with van der Waals surface area (Å²) in [6.07, 6.45) is -1.55. The van der Waals surface area contributed by atoms with Crippen LogP contribution in [0.4, 0.5) is 0 Å². The SMILES string of the molecule is COc1cccc(C[C@H](NC(=O)c2cccc(O)c2C)[C@H](O)C(=O)N2CSC(C)(C)C2C(=O)NCc2ccccc2C)c1. The van der Waals surface area contributed by atoms with E-state index in [0.29, 0.717) is 17.9 Å². The van der Waals surface area contributed by atoms with E-state index in [0.717, 1.165) is 16.7 Å². The van der Waals surface area contributed by atoms with Crippen molar-refractivity contribution >= 4 is 29.5 Å². The molecule has 228 valence electrons. The van der Waals surface area contributed by atoms with Crippen molar-refractivity contribution in [2.24, 2.45) is 0 Å². The van der Waals surface area contributed by atoms with Gasteiger partial charge in [-0.2, -0.15) is 0 Å². The van der Waals surface area contributed by atoms with Crippen LogP contribution in [0.1, 0.15) is 46.5 Å². The number of aryl methyl sites for hydroxylation is 1. The molecule has 1 aliphatic rings. The number of aliphatic hydroxyl groups excluding tert-OH is 1. The summed E-state index contributed by atoms with van der Waals surface area (Å²) in [7, 11) is 1.54. The van der Waals surface area contributed by atoms with Crippen LogP contribution in [0.15, 0.2) is 66.7 Å². The van der Waals surface area contributed by atoms with Gasteiger partial charge < -0.3 is 30.5 Å². The van der Waals surface area contributed by atoms with Crippen LogP contribution in [0.25, 0.3) is 0 Å². The lowest BCUT2D eigenvalue weighted by Gasteiger charge is -2.33. The molecule has 0 saturated carbocycles. The second-order valence-electron chi connectivity index (χ2n) is 11.3. The van der Waals surface area contributed by atoms with Crippen molar-refractivity contribution in [2.45, 2.75) is 63.6 Å². The predicted molar refractivity (Wildman–Crippen MR) is 167 cm³/mol. The maximum absolute atomic E-state index is 13.9. The second kappa shape index (κ2) is 13.5. The average Bonchev–Trinajstić information content (AvgIpc) is 3.31. The summed E-state index contributed by atoms with van der Waals surface area (Å²) in [5.74, 6) is -0.759. The fourth-order valence-corrected chi connectivity index (χ4v) is 6.39. The number of thioether (sulfide) groups is 1. The maximum atomic E-state index is 13.9. The number of aliphatic hydroxyl groups is 1. The summed E-state index contributed by atoms with van der Waals surface area (Å²) in [5, 5.41) is 27.5. The van der Waals surface area contributed by atoms with Crippen LogP contribution in [0, 0.1) is 13.8 Å². The Kier molecular flexibility index (Phi) is 10.0. The van der Waals surface area contributed by atoms with Crippen molar-refractivity contribution in [2.75, 3.05) is 13.0 Å². The highest BCUT2D eigenvalue weighted by Gasteiger charge is 2.49. The van der Waals surface area contributed by atoms with Crippen molar-refractivity contribution in [1.29, 1.82) is 0 Å². The minimum absolute atomic E-state index is 0.0375. The summed E-state index contributed by atoms with van der Waals surface area (Å²) >= 11 is 1.45. The van der Waals surface area contributed by atoms with Gasteiger partial charge in [-0.25, -0.2) is 0 Å². The molecule has 1 heterocycles. The number of phenolic OH excluding ortho intramolecular Hbond substituents is 1. The van der Waals surface area contributed by atoms with E-state index in [1.807, 2.05) is 51.1 Å². The van der Waals surface area contributed by atoms with E-state index in [1.165, 1.54) is 22.7 Å². The molecule has 1 saturated heterocycles. The van der Waals surface area contributed by atoms with Gasteiger partial charge in [-0.3, -0.25) is 14.4 Å². The largest absolute Gasteiger partial charge is 0.508 e. The fourth-order valence-electron chi connectivity index (χ4n) is 5.25. The maximum Gasteiger partial charge on any atom is 0.254 e. The molecule has 3 atom stereocenters. The number of rotatable bonds is 10. The first-order valence-electron chi connectivity index (χ1n) is 14.1. The number of aromatic hydroxyl groups is 1. The van der Waals surface area contributed by atoms with Crippen molar-refractivity contribution in [1.82, 2.24) is 15.5 Å². The van der Waals surface area contributed by atoms with Gasteiger partial charge >= 0.3 is 0 Å². The molecule has 0 aliphatic carbocycles. The van der Waals surface area contributed by atoms with E-state index in [9.17, 15) is 24.6 Å². The number of carbonyl (C=O) groups is 3. The molecule has 1 unspecified atom stereocenters. The van der Waals surface area contributed by atoms with Crippen molar-refractivity contribution in [3.8, 4) is 11.5 Å². The lowest BCUT2D eigenvalue weighted by atomic mass is 9.96. The third kappa shape index (κ3) is 7.32. The minimum atomic E-state index is -1.66. The third-order valence-corrected chi connectivity index (χ3v) is 9.26. The van der Waals surface area contributed by atoms with Gasteiger partial charge in [0.1, 0.15) is 17.5 Å². The summed E-state index contributed by atoms with van der Waals surface area (Å²) in [5.41, 5.74) is 3.35. The summed E-state index contributed by atoms with van der Waals surface area (Å²) in [6, 6.07) is 17.6. The van der Waals surface area contributed by atoms with Crippen LogP contribution in [0.5, 0.6) is 11.5 Å². The van der Waals surface area contributed by atoms with Gasteiger partial charge in [0.15, 0.2) is 6.10 Å². The third-order valence-electron chi connectivity index (χ3n) is 7.88. The molecule has 1 aliphatic heterocycles. The Labute approximate surface area is 256 Å². The zero-order valence-electron chi connectivity index (χ0n) is 25.1. The smallest absolute Gasteiger partial charge is 0.254 e. The molecule has 10 heteroatoms. The topological polar surface area (TPSA) is 128 Å². The van der Waals surface area contributed by atoms with Crippen LogP contribution < -0.4 is 15.4 Å². The summed E-state index contributed by atoms with van der Waals surface area (Å²) in [6.45, 7) is 7.70. The van der Waals surface area contributed by atoms with Crippen LogP contribution in [0.3, 0.4) is 0 Å². The number of ether oxygens (including phenoxy) is 1. The average molecular weight is 606 g/mol. The highest BCUT2D eigenvalue weighted by molar-refractivity contribution is 8.00. The fraction of sp³-hybridized carbons (Fsp3) is 0.364. The van der Waals surface area contributed by atoms with E-state index < -0.39 is 34.7 Å². The number of hydrogen-bond donors (Lipinski definition) is 4. The van der Waals surface area contributed by atoms with Gasteiger partial charge in [-0.15, -0.1) is 11.8 Å². The van der Waals surface area contributed by atoms with Gasteiger partial charge in [-0.1, -0.05) is 42.5 Å². The second-order valence-corrected chi connectivity index (χ2v) is 12.9. The molecule has 1 fully saturated rings. The van der Waals surface area contributed by atoms with Gasteiger partial charge in [0.25, 0.3) is 11.8 Å². The molecule has 4 rings (SSSR count). The molecule has 4 N–H and O–H groups in total. The summed E-state index contributed by atoms with van der Waals surface area (Å²) in [4.78, 5) is 42.2. The number of nitrogens with zero attached hydrogens (tertiary/aromatic N) is 1. The Balaban J connectivity index is 1.59. The van der Waals surface area contributed by atoms with Gasteiger partial charge in [-0.05, 0) is 75.1 Å². The first-order chi connectivity index (χ1) is 20.4. The monoisotopic (exact) mass is 605 g/mol. The number of carbonyl (C=O) groups excluding carboxylic acids is 3. The highest BCUT2D eigenvalue weighted by Crippen LogP contribution is 2.40. The molecule has 3 amide bonds. The number of nitrogens with one attached hydrogen (secondary N) is 2. The lowest BCUT2D eigenvalue weighted by molar-refractivity contribution is -0.147. The van der Waals surface area contributed by atoms with Crippen molar-refractivity contribution in [3.63, 3.8) is 0 Å². The Morgan fingerprint density at radius 1 is 1.07 bits per heavy atom. The van der Waals surface area contributed by atoms with Crippen LogP contribution in [-0.2, 0) is 22.6 Å². The number of benzene rings is 3. The Morgan fingerprint density at radius 3 is 2.51 bits per heavy atom. The molecule has 9 nitrogen and oxygen atoms in total. The van der Waals surface area contributed by atoms with Crippen LogP contribution in [-0.4, -0.2) is 68.8 Å². The molecular weight excluding hydrogens is 566 g/mol. The minimum Gasteiger partial charge on any atom is -0.508 e. The number of hydrogen-bond acceptors (Lipinski definition) is 7. The van der Waals surface area contributed by atoms with E-state index in [-0.39, 0.29) is 29.5 Å². The predicted octanol–water partition coefficient (Wildman–Crippen LogP) is 3.72. The number of phenols is 1. The van der Waals surface area contributed by atoms with Crippen molar-refractivity contribution in [3.05, 3.63) is 94.5 Å². The van der Waals surface area contributed by atoms with Crippen LogP contribution >= 0.6 is 11.8 Å². The van der Waals surface area contributed by atoms with Gasteiger partial charge in [0.2, 0.25) is 5.91 Å². The van der Waals surface area contributed by atoms with Crippen molar-refractivity contribution < 1.29 is 29.3 Å². The molecule has 43 heavy (non-hydrogen) atoms. The molecule has 0 spiro atoms. The Hall–Kier alpha value is -4.02. The molecule has 3 aromatic carbocycles. The van der Waals surface area contributed by atoms with Gasteiger partial charge in [0.05, 0.1) is 19.0 Å². The van der Waals surface area contributed by atoms with Gasteiger partial charge in [0, 0.05) is 22.4 Å². The molecule has 3 aromatic rings. The van der Waals surface area contributed by atoms with E-state index in [4.69, 9.17) is 4.74 Å². The van der Waals surface area contributed by atoms with E-state index in [1.54, 1.807) is 44.4 Å². The quantitative estimate of drug-likeness (QED) is 0.277. The normalized spacial score (nSPS) is 17.2. The zero-order valence-corrected chi connectivity index (χ0v) is 25.9. The first kappa shape index (κ1) is 31.9. The number of methoxy groups -OCH3 is 1. The van der Waals surface area contributed by atoms with E-state index >= 15 is 0 Å². The highest BCUT2D eigenvalue weighted by atomic mass is 32.2. The molecule has 0 radical (unpaired) electrons. The standard InChI is InChI=1S/C33H39N3O6S/c1-20-10-6-7-12-23(20)18-34-31(40)29-33(3,4)43-19-36(29)32(41)28(38)26(17-22-11-8-13-24(16-22)42-5)35-30(39)25-14-9-15-27(37)21(25)2/h6-16,26,28-29,37-38H,17-19H2,1-5H3,(H,34,40)(H,35,39)/t26-,28-,29?/m0/s1. The van der Waals surface area contributed by atoms with Crippen LogP contribution in [0.2, 0.25) is 0 Å². The molecule has 0 aromatic heterocycles. The van der Waals surface area contributed by atoms with E-state index in [2.05, 4.69) is 10.6 Å². The zero-order chi connectivity index (χ0) is 31.3.